The minimum absolute atomic E-state index is 0.175. The van der Waals surface area contributed by atoms with Gasteiger partial charge in [0, 0.05) is 25.0 Å². The van der Waals surface area contributed by atoms with Gasteiger partial charge in [0.25, 0.3) is 5.91 Å². The van der Waals surface area contributed by atoms with E-state index in [1.54, 1.807) is 0 Å². The molecule has 0 bridgehead atoms. The number of aromatic nitrogens is 1. The highest BCUT2D eigenvalue weighted by Gasteiger charge is 2.33. The van der Waals surface area contributed by atoms with E-state index in [-0.39, 0.29) is 5.91 Å². The minimum Gasteiger partial charge on any atom is -0.353 e. The van der Waals surface area contributed by atoms with Crippen LogP contribution < -0.4 is 0 Å². The lowest BCUT2D eigenvalue weighted by Crippen LogP contribution is -2.32. The van der Waals surface area contributed by atoms with E-state index in [9.17, 15) is 4.79 Å². The summed E-state index contributed by atoms with van der Waals surface area (Å²) in [6.07, 6.45) is 4.30. The first-order chi connectivity index (χ1) is 8.75. The van der Waals surface area contributed by atoms with E-state index in [2.05, 4.69) is 10.6 Å². The Hall–Kier alpha value is -1.55. The Morgan fingerprint density at radius 2 is 2.28 bits per heavy atom. The van der Waals surface area contributed by atoms with Gasteiger partial charge >= 0.3 is 0 Å². The van der Waals surface area contributed by atoms with E-state index in [0.717, 1.165) is 17.7 Å². The van der Waals surface area contributed by atoms with Crippen molar-refractivity contribution in [3.63, 3.8) is 0 Å². The first-order valence-corrected chi connectivity index (χ1v) is 7.08. The van der Waals surface area contributed by atoms with Crippen LogP contribution in [0.1, 0.15) is 28.2 Å². The van der Waals surface area contributed by atoms with Crippen LogP contribution in [0.15, 0.2) is 35.8 Å². The summed E-state index contributed by atoms with van der Waals surface area (Å²) in [6.45, 7) is 0.713. The van der Waals surface area contributed by atoms with Gasteiger partial charge < -0.3 is 9.47 Å². The molecule has 1 saturated carbocycles. The molecule has 1 aliphatic rings. The highest BCUT2D eigenvalue weighted by molar-refractivity contribution is 7.12. The van der Waals surface area contributed by atoms with Crippen LogP contribution in [0.2, 0.25) is 0 Å². The number of aryl methyl sites for hydroxylation is 1. The predicted octanol–water partition coefficient (Wildman–Crippen LogP) is 2.89. The summed E-state index contributed by atoms with van der Waals surface area (Å²) < 4.78 is 2.08. The minimum atomic E-state index is 0.175. The van der Waals surface area contributed by atoms with Crippen LogP contribution in [0.25, 0.3) is 0 Å². The summed E-state index contributed by atoms with van der Waals surface area (Å²) in [5.74, 6) is 0.175. The van der Waals surface area contributed by atoms with Crippen molar-refractivity contribution in [3.05, 3.63) is 46.4 Å². The van der Waals surface area contributed by atoms with Crippen molar-refractivity contribution in [2.24, 2.45) is 7.05 Å². The van der Waals surface area contributed by atoms with Gasteiger partial charge in [0.1, 0.15) is 0 Å². The zero-order valence-electron chi connectivity index (χ0n) is 10.4. The van der Waals surface area contributed by atoms with Gasteiger partial charge in [-0.2, -0.15) is 0 Å². The summed E-state index contributed by atoms with van der Waals surface area (Å²) in [6, 6.07) is 8.39. The molecule has 1 fully saturated rings. The third-order valence-electron chi connectivity index (χ3n) is 3.36. The van der Waals surface area contributed by atoms with Gasteiger partial charge in [0.05, 0.1) is 11.4 Å². The second kappa shape index (κ2) is 4.61. The first kappa shape index (κ1) is 11.5. The molecule has 1 aliphatic carbocycles. The predicted molar refractivity (Wildman–Crippen MR) is 72.6 cm³/mol. The number of hydrogen-bond donors (Lipinski definition) is 0. The van der Waals surface area contributed by atoms with Gasteiger partial charge in [-0.15, -0.1) is 11.3 Å². The summed E-state index contributed by atoms with van der Waals surface area (Å²) in [7, 11) is 2.02. The van der Waals surface area contributed by atoms with Crippen molar-refractivity contribution in [1.82, 2.24) is 9.47 Å². The van der Waals surface area contributed by atoms with Gasteiger partial charge in [-0.05, 0) is 36.4 Å². The van der Waals surface area contributed by atoms with Crippen LogP contribution in [0.3, 0.4) is 0 Å². The summed E-state index contributed by atoms with van der Waals surface area (Å²) in [5, 5.41) is 1.96. The molecule has 2 heterocycles. The SMILES string of the molecule is Cn1cccc1CN(C(=O)c1cccs1)C1CC1. The van der Waals surface area contributed by atoms with E-state index >= 15 is 0 Å². The third-order valence-corrected chi connectivity index (χ3v) is 4.22. The smallest absolute Gasteiger partial charge is 0.264 e. The molecule has 1 amide bonds. The Kier molecular flexibility index (Phi) is 2.96. The Morgan fingerprint density at radius 3 is 2.83 bits per heavy atom. The molecular weight excluding hydrogens is 244 g/mol. The second-order valence-electron chi connectivity index (χ2n) is 4.75. The Balaban J connectivity index is 1.81. The quantitative estimate of drug-likeness (QED) is 0.830. The Morgan fingerprint density at radius 1 is 1.44 bits per heavy atom. The van der Waals surface area contributed by atoms with Crippen LogP contribution in [0.5, 0.6) is 0 Å². The first-order valence-electron chi connectivity index (χ1n) is 6.20. The number of carbonyl (C=O) groups excluding carboxylic acids is 1. The number of thiophene rings is 1. The second-order valence-corrected chi connectivity index (χ2v) is 5.70. The van der Waals surface area contributed by atoms with Crippen LogP contribution in [-0.4, -0.2) is 21.4 Å². The molecule has 2 aromatic rings. The fourth-order valence-corrected chi connectivity index (χ4v) is 2.81. The fourth-order valence-electron chi connectivity index (χ4n) is 2.13. The number of hydrogen-bond acceptors (Lipinski definition) is 2. The maximum absolute atomic E-state index is 12.5. The number of rotatable bonds is 4. The van der Waals surface area contributed by atoms with Crippen LogP contribution in [0.4, 0.5) is 0 Å². The highest BCUT2D eigenvalue weighted by Crippen LogP contribution is 2.30. The zero-order chi connectivity index (χ0) is 12.5. The number of nitrogens with zero attached hydrogens (tertiary/aromatic N) is 2. The number of carbonyl (C=O) groups is 1. The van der Waals surface area contributed by atoms with Crippen molar-refractivity contribution in [3.8, 4) is 0 Å². The van der Waals surface area contributed by atoms with Crippen molar-refractivity contribution in [1.29, 1.82) is 0 Å². The maximum atomic E-state index is 12.5. The molecule has 0 unspecified atom stereocenters. The molecule has 3 nitrogen and oxygen atoms in total. The average Bonchev–Trinajstić information content (AvgIpc) is 2.90. The largest absolute Gasteiger partial charge is 0.353 e. The van der Waals surface area contributed by atoms with Gasteiger partial charge in [-0.1, -0.05) is 6.07 Å². The van der Waals surface area contributed by atoms with Crippen molar-refractivity contribution in [2.75, 3.05) is 0 Å². The molecule has 94 valence electrons. The monoisotopic (exact) mass is 260 g/mol. The van der Waals surface area contributed by atoms with Crippen LogP contribution >= 0.6 is 11.3 Å². The molecule has 4 heteroatoms. The molecule has 0 spiro atoms. The molecule has 0 saturated heterocycles. The van der Waals surface area contributed by atoms with Gasteiger partial charge in [0.15, 0.2) is 0 Å². The van der Waals surface area contributed by atoms with E-state index < -0.39 is 0 Å². The van der Waals surface area contributed by atoms with E-state index in [1.165, 1.54) is 17.0 Å². The molecule has 0 aliphatic heterocycles. The summed E-state index contributed by atoms with van der Waals surface area (Å²) >= 11 is 1.52. The third kappa shape index (κ3) is 2.20. The lowest BCUT2D eigenvalue weighted by molar-refractivity contribution is 0.0731. The zero-order valence-corrected chi connectivity index (χ0v) is 11.2. The van der Waals surface area contributed by atoms with Gasteiger partial charge in [-0.25, -0.2) is 0 Å². The fraction of sp³-hybridized carbons (Fsp3) is 0.357. The average molecular weight is 260 g/mol. The lowest BCUT2D eigenvalue weighted by Gasteiger charge is -2.22. The Labute approximate surface area is 111 Å². The van der Waals surface area contributed by atoms with E-state index in [0.29, 0.717) is 12.6 Å². The van der Waals surface area contributed by atoms with Crippen LogP contribution in [0, 0.1) is 0 Å². The molecule has 0 atom stereocenters. The van der Waals surface area contributed by atoms with Crippen LogP contribution in [-0.2, 0) is 13.6 Å². The van der Waals surface area contributed by atoms with Gasteiger partial charge in [0.2, 0.25) is 0 Å². The molecule has 18 heavy (non-hydrogen) atoms. The summed E-state index contributed by atoms with van der Waals surface area (Å²) in [5.41, 5.74) is 1.19. The molecule has 0 N–H and O–H groups in total. The van der Waals surface area contributed by atoms with Crippen molar-refractivity contribution in [2.45, 2.75) is 25.4 Å². The van der Waals surface area contributed by atoms with Gasteiger partial charge in [-0.3, -0.25) is 4.79 Å². The van der Waals surface area contributed by atoms with E-state index in [1.807, 2.05) is 41.7 Å². The topological polar surface area (TPSA) is 25.2 Å². The maximum Gasteiger partial charge on any atom is 0.264 e. The molecule has 2 aromatic heterocycles. The summed E-state index contributed by atoms with van der Waals surface area (Å²) in [4.78, 5) is 15.3. The molecular formula is C14H16N2OS. The molecule has 0 aromatic carbocycles. The lowest BCUT2D eigenvalue weighted by atomic mass is 10.3. The standard InChI is InChI=1S/C14H16N2OS/c1-15-8-2-4-12(15)10-16(11-6-7-11)14(17)13-5-3-9-18-13/h2-5,8-9,11H,6-7,10H2,1H3. The molecule has 3 rings (SSSR count). The number of amides is 1. The molecule has 0 radical (unpaired) electrons. The Bertz CT molecular complexity index is 540. The van der Waals surface area contributed by atoms with E-state index in [4.69, 9.17) is 0 Å². The normalized spacial score (nSPS) is 14.7. The van der Waals surface area contributed by atoms with Crippen molar-refractivity contribution >= 4 is 17.2 Å². The highest BCUT2D eigenvalue weighted by atomic mass is 32.1. The van der Waals surface area contributed by atoms with Crippen molar-refractivity contribution < 1.29 is 4.79 Å².